The van der Waals surface area contributed by atoms with Crippen LogP contribution in [0.15, 0.2) is 115 Å². The summed E-state index contributed by atoms with van der Waals surface area (Å²) in [4.78, 5) is 53.2. The van der Waals surface area contributed by atoms with Crippen LogP contribution in [0.2, 0.25) is 0 Å². The van der Waals surface area contributed by atoms with Gasteiger partial charge in [0, 0.05) is 18.0 Å². The van der Waals surface area contributed by atoms with Gasteiger partial charge in [0.25, 0.3) is 0 Å². The van der Waals surface area contributed by atoms with Crippen molar-refractivity contribution in [1.29, 1.82) is 0 Å². The molecule has 0 bridgehead atoms. The molecule has 3 aromatic rings. The van der Waals surface area contributed by atoms with E-state index in [-0.39, 0.29) is 17.7 Å². The highest BCUT2D eigenvalue weighted by molar-refractivity contribution is 5.92. The first kappa shape index (κ1) is 29.3. The summed E-state index contributed by atoms with van der Waals surface area (Å²) in [5.41, 5.74) is 5.02. The smallest absolute Gasteiger partial charge is 0.338 e. The van der Waals surface area contributed by atoms with E-state index < -0.39 is 47.9 Å². The third-order valence-corrected chi connectivity index (χ3v) is 7.16. The summed E-state index contributed by atoms with van der Waals surface area (Å²) >= 11 is 0. The predicted octanol–water partition coefficient (Wildman–Crippen LogP) is 4.00. The maximum Gasteiger partial charge on any atom is 0.338 e. The van der Waals surface area contributed by atoms with Gasteiger partial charge in [-0.1, -0.05) is 60.7 Å². The minimum Gasteiger partial charge on any atom is -0.459 e. The lowest BCUT2D eigenvalue weighted by Crippen LogP contribution is -2.55. The number of esters is 3. The number of carbonyl (C=O) groups is 4. The van der Waals surface area contributed by atoms with Gasteiger partial charge in [-0.3, -0.25) is 4.79 Å². The first-order chi connectivity index (χ1) is 20.8. The zero-order valence-corrected chi connectivity index (χ0v) is 23.3. The van der Waals surface area contributed by atoms with Crippen molar-refractivity contribution in [1.82, 2.24) is 4.90 Å². The molecule has 10 heteroatoms. The van der Waals surface area contributed by atoms with Crippen LogP contribution in [0, 0.1) is 0 Å². The number of primary amides is 1. The Balaban J connectivity index is 1.52. The minimum absolute atomic E-state index is 0.261. The lowest BCUT2D eigenvalue weighted by Gasteiger charge is -2.38. The second-order valence-electron chi connectivity index (χ2n) is 10.2. The highest BCUT2D eigenvalue weighted by atomic mass is 16.7. The van der Waals surface area contributed by atoms with Gasteiger partial charge in [-0.15, -0.1) is 0 Å². The van der Waals surface area contributed by atoms with Crippen LogP contribution in [0.4, 0.5) is 0 Å². The molecule has 0 aliphatic carbocycles. The molecule has 10 nitrogen and oxygen atoms in total. The van der Waals surface area contributed by atoms with E-state index in [4.69, 9.17) is 24.7 Å². The Morgan fingerprint density at radius 1 is 0.837 bits per heavy atom. The van der Waals surface area contributed by atoms with Gasteiger partial charge in [-0.05, 0) is 49.7 Å². The fourth-order valence-corrected chi connectivity index (χ4v) is 4.97. The molecular formula is C33H30N2O8. The number of nitrogens with two attached hydrogens (primary N) is 1. The Morgan fingerprint density at radius 3 is 1.93 bits per heavy atom. The number of nitrogens with zero attached hydrogens (tertiary/aromatic N) is 1. The van der Waals surface area contributed by atoms with Crippen molar-refractivity contribution in [3.8, 4) is 0 Å². The average molecular weight is 583 g/mol. The molecule has 1 saturated heterocycles. The number of ether oxygens (including phenoxy) is 4. The lowest BCUT2D eigenvalue weighted by molar-refractivity contribution is -0.119. The summed E-state index contributed by atoms with van der Waals surface area (Å²) in [7, 11) is 0. The largest absolute Gasteiger partial charge is 0.459 e. The van der Waals surface area contributed by atoms with E-state index in [2.05, 4.69) is 0 Å². The zero-order chi connectivity index (χ0) is 30.4. The van der Waals surface area contributed by atoms with Crippen LogP contribution < -0.4 is 5.73 Å². The van der Waals surface area contributed by atoms with Gasteiger partial charge in [-0.25, -0.2) is 14.4 Å². The van der Waals surface area contributed by atoms with E-state index >= 15 is 0 Å². The van der Waals surface area contributed by atoms with Crippen LogP contribution in [0.5, 0.6) is 0 Å². The fraction of sp³-hybridized carbons (Fsp3) is 0.212. The van der Waals surface area contributed by atoms with Crippen molar-refractivity contribution in [2.45, 2.75) is 37.4 Å². The molecule has 0 aromatic heterocycles. The summed E-state index contributed by atoms with van der Waals surface area (Å²) in [5, 5.41) is 0. The van der Waals surface area contributed by atoms with Crippen LogP contribution in [0.3, 0.4) is 0 Å². The number of benzene rings is 3. The summed E-state index contributed by atoms with van der Waals surface area (Å²) < 4.78 is 24.1. The molecule has 0 saturated carbocycles. The number of hydrogen-bond acceptors (Lipinski definition) is 9. The van der Waals surface area contributed by atoms with Gasteiger partial charge < -0.3 is 29.6 Å². The molecule has 5 rings (SSSR count). The quantitative estimate of drug-likeness (QED) is 0.293. The summed E-state index contributed by atoms with van der Waals surface area (Å²) in [6.45, 7) is 1.24. The average Bonchev–Trinajstić information content (AvgIpc) is 3.31. The Bertz CT molecular complexity index is 1540. The molecule has 2 heterocycles. The molecule has 43 heavy (non-hydrogen) atoms. The summed E-state index contributed by atoms with van der Waals surface area (Å²) in [5.74, 6) is -2.63. The van der Waals surface area contributed by atoms with Crippen LogP contribution >= 0.6 is 0 Å². The van der Waals surface area contributed by atoms with E-state index in [0.717, 1.165) is 0 Å². The topological polar surface area (TPSA) is 134 Å². The van der Waals surface area contributed by atoms with Crippen molar-refractivity contribution >= 4 is 23.8 Å². The molecule has 0 spiro atoms. The van der Waals surface area contributed by atoms with Crippen molar-refractivity contribution in [2.75, 3.05) is 6.61 Å². The minimum atomic E-state index is -1.66. The molecule has 2 N–H and O–H groups in total. The Hall–Kier alpha value is -5.22. The molecule has 2 aliphatic heterocycles. The number of carbonyl (C=O) groups excluding carboxylic acids is 4. The van der Waals surface area contributed by atoms with E-state index in [1.165, 1.54) is 11.1 Å². The standard InChI is InChI=1S/C33H30N2O8/c1-33(43-31(39)24-16-9-4-10-17-24)27(42-30(38)23-14-7-3-8-15-23)26(21-40-29(37)22-12-5-2-6-13-22)41-32(33)35-19-11-18-25(20-35)28(34)36/h2-17,19-20,26-27,32H,18,21H2,1H3,(H2,34,36)/t26-,27+,32+,33-/m0/s1. The highest BCUT2D eigenvalue weighted by Crippen LogP contribution is 2.41. The van der Waals surface area contributed by atoms with Crippen molar-refractivity contribution in [3.63, 3.8) is 0 Å². The van der Waals surface area contributed by atoms with Gasteiger partial charge in [0.2, 0.25) is 5.91 Å². The first-order valence-electron chi connectivity index (χ1n) is 13.6. The third kappa shape index (κ3) is 6.49. The van der Waals surface area contributed by atoms with E-state index in [9.17, 15) is 19.2 Å². The zero-order valence-electron chi connectivity index (χ0n) is 23.3. The van der Waals surface area contributed by atoms with Gasteiger partial charge in [0.1, 0.15) is 12.7 Å². The van der Waals surface area contributed by atoms with Gasteiger partial charge in [0.15, 0.2) is 17.9 Å². The summed E-state index contributed by atoms with van der Waals surface area (Å²) in [6.07, 6.45) is 1.72. The number of allylic oxidation sites excluding steroid dienone is 1. The molecule has 2 aliphatic rings. The van der Waals surface area contributed by atoms with Crippen molar-refractivity contribution < 1.29 is 38.1 Å². The Kier molecular flexibility index (Phi) is 8.68. The molecule has 1 fully saturated rings. The monoisotopic (exact) mass is 582 g/mol. The molecule has 4 atom stereocenters. The van der Waals surface area contributed by atoms with E-state index in [1.807, 2.05) is 0 Å². The third-order valence-electron chi connectivity index (χ3n) is 7.16. The maximum absolute atomic E-state index is 13.4. The molecule has 220 valence electrons. The Labute approximate surface area is 248 Å². The highest BCUT2D eigenvalue weighted by Gasteiger charge is 2.61. The molecule has 0 radical (unpaired) electrons. The van der Waals surface area contributed by atoms with Gasteiger partial charge >= 0.3 is 17.9 Å². The second kappa shape index (κ2) is 12.7. The van der Waals surface area contributed by atoms with Gasteiger partial charge in [0.05, 0.1) is 16.7 Å². The van der Waals surface area contributed by atoms with E-state index in [1.54, 1.807) is 110 Å². The number of hydrogen-bond donors (Lipinski definition) is 1. The summed E-state index contributed by atoms with van der Waals surface area (Å²) in [6, 6.07) is 25.0. The number of amides is 1. The van der Waals surface area contributed by atoms with Crippen LogP contribution in [-0.2, 0) is 23.7 Å². The molecule has 1 amide bonds. The molecular weight excluding hydrogens is 552 g/mol. The maximum atomic E-state index is 13.4. The van der Waals surface area contributed by atoms with E-state index in [0.29, 0.717) is 17.6 Å². The molecule has 3 aromatic carbocycles. The number of rotatable bonds is 9. The van der Waals surface area contributed by atoms with Crippen LogP contribution in [0.25, 0.3) is 0 Å². The van der Waals surface area contributed by atoms with Crippen LogP contribution in [0.1, 0.15) is 44.4 Å². The SMILES string of the molecule is C[C@]1(OC(=O)c2ccccc2)[C@H](OC(=O)c2ccccc2)[C@H](COC(=O)c2ccccc2)O[C@H]1N1C=CCC(C(N)=O)=C1. The Morgan fingerprint density at radius 2 is 1.37 bits per heavy atom. The second-order valence-corrected chi connectivity index (χ2v) is 10.2. The normalized spacial score (nSPS) is 22.8. The van der Waals surface area contributed by atoms with Crippen LogP contribution in [-0.4, -0.2) is 59.4 Å². The molecule has 0 unspecified atom stereocenters. The fourth-order valence-electron chi connectivity index (χ4n) is 4.97. The lowest BCUT2D eigenvalue weighted by atomic mass is 9.94. The van der Waals surface area contributed by atoms with Crippen molar-refractivity contribution in [2.24, 2.45) is 5.73 Å². The first-order valence-corrected chi connectivity index (χ1v) is 13.6. The predicted molar refractivity (Wildman–Crippen MR) is 154 cm³/mol. The van der Waals surface area contributed by atoms with Gasteiger partial charge in [-0.2, -0.15) is 0 Å². The van der Waals surface area contributed by atoms with Crippen molar-refractivity contribution in [3.05, 3.63) is 132 Å².